The Labute approximate surface area is 75.2 Å². The van der Waals surface area contributed by atoms with Crippen molar-refractivity contribution in [3.05, 3.63) is 12.4 Å². The van der Waals surface area contributed by atoms with Gasteiger partial charge >= 0.3 is 7.12 Å². The molecule has 0 fully saturated rings. The Hall–Kier alpha value is -0.885. The fourth-order valence-electron chi connectivity index (χ4n) is 0.886. The largest absolute Gasteiger partial charge is 0.491 e. The summed E-state index contributed by atoms with van der Waals surface area (Å²) in [5.74, 6) is 0. The lowest BCUT2D eigenvalue weighted by Crippen LogP contribution is -2.28. The van der Waals surface area contributed by atoms with Gasteiger partial charge in [0.25, 0.3) is 0 Å². The van der Waals surface area contributed by atoms with Crippen LogP contribution in [0.4, 0.5) is 0 Å². The average Bonchev–Trinajstić information content (AvgIpc) is 2.52. The van der Waals surface area contributed by atoms with Crippen molar-refractivity contribution in [1.82, 2.24) is 9.78 Å². The Bertz CT molecular complexity index is 265. The smallest absolute Gasteiger partial charge is 0.423 e. The first kappa shape index (κ1) is 10.2. The molecule has 6 nitrogen and oxygen atoms in total. The Kier molecular flexibility index (Phi) is 3.43. The van der Waals surface area contributed by atoms with Crippen molar-refractivity contribution in [2.45, 2.75) is 12.6 Å². The zero-order chi connectivity index (χ0) is 9.84. The number of aromatic nitrogens is 2. The highest BCUT2D eigenvalue weighted by atomic mass is 16.4. The second kappa shape index (κ2) is 4.38. The van der Waals surface area contributed by atoms with E-state index >= 15 is 0 Å². The van der Waals surface area contributed by atoms with Crippen molar-refractivity contribution in [1.29, 1.82) is 0 Å². The standard InChI is InChI=1S/C6H11BN2O4/c10-4-6(11)3-9-2-5(1-8-9)7(12)13/h1-2,6,10-13H,3-4H2/t6-/m1/s1. The second-order valence-corrected chi connectivity index (χ2v) is 2.71. The first-order chi connectivity index (χ1) is 6.13. The first-order valence-electron chi connectivity index (χ1n) is 3.81. The Morgan fingerprint density at radius 3 is 2.69 bits per heavy atom. The first-order valence-corrected chi connectivity index (χ1v) is 3.81. The zero-order valence-corrected chi connectivity index (χ0v) is 6.91. The van der Waals surface area contributed by atoms with E-state index in [4.69, 9.17) is 20.3 Å². The van der Waals surface area contributed by atoms with E-state index in [-0.39, 0.29) is 18.6 Å². The molecule has 1 heterocycles. The molecule has 1 atom stereocenters. The van der Waals surface area contributed by atoms with E-state index in [0.717, 1.165) is 0 Å². The zero-order valence-electron chi connectivity index (χ0n) is 6.91. The molecule has 1 aromatic rings. The van der Waals surface area contributed by atoms with Gasteiger partial charge in [-0.05, 0) is 0 Å². The van der Waals surface area contributed by atoms with Gasteiger partial charge in [-0.3, -0.25) is 4.68 Å². The van der Waals surface area contributed by atoms with Gasteiger partial charge in [-0.15, -0.1) is 0 Å². The van der Waals surface area contributed by atoms with Crippen LogP contribution in [0.2, 0.25) is 0 Å². The summed E-state index contributed by atoms with van der Waals surface area (Å²) in [5, 5.41) is 38.7. The van der Waals surface area contributed by atoms with Gasteiger partial charge in [-0.1, -0.05) is 0 Å². The van der Waals surface area contributed by atoms with Crippen LogP contribution in [-0.2, 0) is 6.54 Å². The van der Waals surface area contributed by atoms with Gasteiger partial charge in [0.15, 0.2) is 0 Å². The summed E-state index contributed by atoms with van der Waals surface area (Å²) in [6.07, 6.45) is 1.79. The fourth-order valence-corrected chi connectivity index (χ4v) is 0.886. The minimum atomic E-state index is -1.56. The van der Waals surface area contributed by atoms with Crippen LogP contribution >= 0.6 is 0 Å². The van der Waals surface area contributed by atoms with Crippen LogP contribution in [0.5, 0.6) is 0 Å². The van der Waals surface area contributed by atoms with E-state index in [1.165, 1.54) is 17.1 Å². The van der Waals surface area contributed by atoms with Crippen LogP contribution in [0.25, 0.3) is 0 Å². The minimum Gasteiger partial charge on any atom is -0.423 e. The molecule has 0 aromatic carbocycles. The van der Waals surface area contributed by atoms with Gasteiger partial charge in [-0.2, -0.15) is 5.10 Å². The summed E-state index contributed by atoms with van der Waals surface area (Å²) in [7, 11) is -1.56. The molecule has 0 radical (unpaired) electrons. The lowest BCUT2D eigenvalue weighted by Gasteiger charge is -2.05. The third kappa shape index (κ3) is 2.81. The third-order valence-electron chi connectivity index (χ3n) is 1.56. The van der Waals surface area contributed by atoms with Crippen LogP contribution < -0.4 is 5.46 Å². The molecule has 0 unspecified atom stereocenters. The van der Waals surface area contributed by atoms with Crippen LogP contribution in [0, 0.1) is 0 Å². The lowest BCUT2D eigenvalue weighted by molar-refractivity contribution is 0.0783. The van der Waals surface area contributed by atoms with Gasteiger partial charge < -0.3 is 20.3 Å². The van der Waals surface area contributed by atoms with Crippen molar-refractivity contribution in [2.75, 3.05) is 6.61 Å². The molecule has 0 bridgehead atoms. The number of aliphatic hydroxyl groups is 2. The molecule has 13 heavy (non-hydrogen) atoms. The maximum Gasteiger partial charge on any atom is 0.491 e. The van der Waals surface area contributed by atoms with Crippen molar-refractivity contribution < 1.29 is 20.3 Å². The third-order valence-corrected chi connectivity index (χ3v) is 1.56. The molecule has 4 N–H and O–H groups in total. The summed E-state index contributed by atoms with van der Waals surface area (Å²) in [6.45, 7) is -0.222. The van der Waals surface area contributed by atoms with Crippen molar-refractivity contribution in [2.24, 2.45) is 0 Å². The topological polar surface area (TPSA) is 98.7 Å². The van der Waals surface area contributed by atoms with Crippen LogP contribution in [0.15, 0.2) is 12.4 Å². The van der Waals surface area contributed by atoms with E-state index in [1.54, 1.807) is 0 Å². The van der Waals surface area contributed by atoms with Crippen molar-refractivity contribution >= 4 is 12.6 Å². The van der Waals surface area contributed by atoms with Crippen LogP contribution in [-0.4, -0.2) is 49.9 Å². The van der Waals surface area contributed by atoms with E-state index in [9.17, 15) is 0 Å². The van der Waals surface area contributed by atoms with Gasteiger partial charge in [0, 0.05) is 17.9 Å². The number of hydrogen-bond acceptors (Lipinski definition) is 5. The van der Waals surface area contributed by atoms with Crippen molar-refractivity contribution in [3.8, 4) is 0 Å². The summed E-state index contributed by atoms with van der Waals surface area (Å²) < 4.78 is 1.33. The van der Waals surface area contributed by atoms with Gasteiger partial charge in [-0.25, -0.2) is 0 Å². The molecule has 72 valence electrons. The summed E-state index contributed by atoms with van der Waals surface area (Å²) in [4.78, 5) is 0. The molecule has 0 aliphatic carbocycles. The molecular formula is C6H11BN2O4. The van der Waals surface area contributed by atoms with E-state index < -0.39 is 13.2 Å². The molecule has 0 saturated heterocycles. The predicted octanol–water partition coefficient (Wildman–Crippen LogP) is -3.08. The average molecular weight is 186 g/mol. The minimum absolute atomic E-state index is 0.128. The highest BCUT2D eigenvalue weighted by Crippen LogP contribution is 1.89. The van der Waals surface area contributed by atoms with Crippen molar-refractivity contribution in [3.63, 3.8) is 0 Å². The van der Waals surface area contributed by atoms with Gasteiger partial charge in [0.2, 0.25) is 0 Å². The molecule has 1 rings (SSSR count). The number of hydrogen-bond donors (Lipinski definition) is 4. The van der Waals surface area contributed by atoms with Crippen LogP contribution in [0.3, 0.4) is 0 Å². The molecule has 0 saturated carbocycles. The maximum absolute atomic E-state index is 9.02. The van der Waals surface area contributed by atoms with E-state index in [2.05, 4.69) is 5.10 Å². The number of rotatable bonds is 4. The second-order valence-electron chi connectivity index (χ2n) is 2.71. The predicted molar refractivity (Wildman–Crippen MR) is 45.1 cm³/mol. The summed E-state index contributed by atoms with van der Waals surface area (Å²) in [5.41, 5.74) is 0.255. The Morgan fingerprint density at radius 1 is 1.54 bits per heavy atom. The molecule has 0 spiro atoms. The van der Waals surface area contributed by atoms with E-state index in [1.807, 2.05) is 0 Å². The molecule has 0 amide bonds. The molecule has 1 aromatic heterocycles. The highest BCUT2D eigenvalue weighted by Gasteiger charge is 2.13. The molecule has 0 aliphatic heterocycles. The summed E-state index contributed by atoms with van der Waals surface area (Å²) >= 11 is 0. The Balaban J connectivity index is 2.58. The number of nitrogens with zero attached hydrogens (tertiary/aromatic N) is 2. The normalized spacial score (nSPS) is 12.9. The van der Waals surface area contributed by atoms with Crippen LogP contribution in [0.1, 0.15) is 0 Å². The van der Waals surface area contributed by atoms with Gasteiger partial charge in [0.1, 0.15) is 0 Å². The monoisotopic (exact) mass is 186 g/mol. The number of aliphatic hydroxyl groups excluding tert-OH is 2. The Morgan fingerprint density at radius 2 is 2.23 bits per heavy atom. The maximum atomic E-state index is 9.02. The molecule has 0 aliphatic rings. The quantitative estimate of drug-likeness (QED) is 0.373. The molecular weight excluding hydrogens is 175 g/mol. The molecule has 7 heteroatoms. The SMILES string of the molecule is OC[C@H](O)Cn1cc(B(O)O)cn1. The fraction of sp³-hybridized carbons (Fsp3) is 0.500. The highest BCUT2D eigenvalue weighted by molar-refractivity contribution is 6.58. The van der Waals surface area contributed by atoms with E-state index in [0.29, 0.717) is 0 Å². The summed E-state index contributed by atoms with van der Waals surface area (Å²) in [6, 6.07) is 0. The lowest BCUT2D eigenvalue weighted by atomic mass is 9.83. The van der Waals surface area contributed by atoms with Gasteiger partial charge in [0.05, 0.1) is 19.3 Å².